The van der Waals surface area contributed by atoms with Crippen molar-refractivity contribution in [1.82, 2.24) is 10.6 Å². The van der Waals surface area contributed by atoms with Crippen LogP contribution >= 0.6 is 34.5 Å². The molecule has 0 bridgehead atoms. The molecule has 1 atom stereocenters. The smallest absolute Gasteiger partial charge is 0.0989 e. The molecule has 1 heterocycles. The SMILES string of the molecule is CNCC(C)NCc1cc(Cl)sc1Cl. The molecule has 0 aliphatic rings. The summed E-state index contributed by atoms with van der Waals surface area (Å²) in [5, 5.41) is 6.46. The van der Waals surface area contributed by atoms with Crippen LogP contribution in [-0.4, -0.2) is 19.6 Å². The Bertz CT molecular complexity index is 288. The first kappa shape index (κ1) is 12.3. The Balaban J connectivity index is 2.41. The van der Waals surface area contributed by atoms with Gasteiger partial charge in [-0.25, -0.2) is 0 Å². The van der Waals surface area contributed by atoms with Crippen LogP contribution in [0.25, 0.3) is 0 Å². The molecular weight excluding hydrogens is 239 g/mol. The minimum atomic E-state index is 0.426. The molecule has 2 N–H and O–H groups in total. The second-order valence-corrected chi connectivity index (χ2v) is 5.47. The number of halogens is 2. The fourth-order valence-electron chi connectivity index (χ4n) is 1.16. The molecule has 0 aliphatic heterocycles. The summed E-state index contributed by atoms with van der Waals surface area (Å²) in [6.07, 6.45) is 0. The van der Waals surface area contributed by atoms with Gasteiger partial charge in [0.2, 0.25) is 0 Å². The molecule has 80 valence electrons. The van der Waals surface area contributed by atoms with Crippen molar-refractivity contribution in [3.05, 3.63) is 20.3 Å². The lowest BCUT2D eigenvalue weighted by molar-refractivity contribution is 0.523. The first-order chi connectivity index (χ1) is 6.63. The number of likely N-dealkylation sites (N-methyl/N-ethyl adjacent to an activating group) is 1. The fourth-order valence-corrected chi connectivity index (χ4v) is 2.64. The Kier molecular flexibility index (Phi) is 5.20. The topological polar surface area (TPSA) is 24.1 Å². The van der Waals surface area contributed by atoms with E-state index in [1.807, 2.05) is 13.1 Å². The fraction of sp³-hybridized carbons (Fsp3) is 0.556. The first-order valence-electron chi connectivity index (χ1n) is 4.45. The molecule has 1 aromatic rings. The maximum absolute atomic E-state index is 5.98. The third-order valence-corrected chi connectivity index (χ3v) is 3.45. The molecule has 0 aromatic carbocycles. The molecule has 0 spiro atoms. The molecular formula is C9H14Cl2N2S. The second kappa shape index (κ2) is 5.93. The average molecular weight is 253 g/mol. The molecule has 5 heteroatoms. The first-order valence-corrected chi connectivity index (χ1v) is 6.02. The van der Waals surface area contributed by atoms with Crippen molar-refractivity contribution < 1.29 is 0 Å². The molecule has 0 amide bonds. The highest BCUT2D eigenvalue weighted by Gasteiger charge is 2.06. The van der Waals surface area contributed by atoms with Crippen LogP contribution in [0.1, 0.15) is 12.5 Å². The van der Waals surface area contributed by atoms with Crippen LogP contribution in [0.15, 0.2) is 6.07 Å². The van der Waals surface area contributed by atoms with E-state index in [9.17, 15) is 0 Å². The summed E-state index contributed by atoms with van der Waals surface area (Å²) in [6, 6.07) is 2.34. The minimum absolute atomic E-state index is 0.426. The Hall–Kier alpha value is 0.200. The third kappa shape index (κ3) is 3.75. The van der Waals surface area contributed by atoms with Gasteiger partial charge < -0.3 is 10.6 Å². The molecule has 0 fully saturated rings. The van der Waals surface area contributed by atoms with Crippen molar-refractivity contribution in [2.45, 2.75) is 19.5 Å². The number of rotatable bonds is 5. The third-order valence-electron chi connectivity index (χ3n) is 1.88. The Morgan fingerprint density at radius 2 is 2.21 bits per heavy atom. The standard InChI is InChI=1S/C9H14Cl2N2S/c1-6(4-12-2)13-5-7-3-8(10)14-9(7)11/h3,6,12-13H,4-5H2,1-2H3. The van der Waals surface area contributed by atoms with Crippen LogP contribution in [0, 0.1) is 0 Å². The lowest BCUT2D eigenvalue weighted by Crippen LogP contribution is -2.34. The lowest BCUT2D eigenvalue weighted by atomic mass is 10.3. The maximum Gasteiger partial charge on any atom is 0.0989 e. The normalized spacial score (nSPS) is 13.1. The number of hydrogen-bond donors (Lipinski definition) is 2. The van der Waals surface area contributed by atoms with Crippen LogP contribution < -0.4 is 10.6 Å². The summed E-state index contributed by atoms with van der Waals surface area (Å²) < 4.78 is 1.52. The van der Waals surface area contributed by atoms with E-state index in [4.69, 9.17) is 23.2 Å². The van der Waals surface area contributed by atoms with Crippen LogP contribution in [0.2, 0.25) is 8.67 Å². The summed E-state index contributed by atoms with van der Waals surface area (Å²) in [6.45, 7) is 3.83. The molecule has 1 rings (SSSR count). The lowest BCUT2D eigenvalue weighted by Gasteiger charge is -2.12. The van der Waals surface area contributed by atoms with Gasteiger partial charge in [-0.2, -0.15) is 0 Å². The quantitative estimate of drug-likeness (QED) is 0.843. The summed E-state index contributed by atoms with van der Waals surface area (Å²) in [5.41, 5.74) is 1.07. The second-order valence-electron chi connectivity index (χ2n) is 3.19. The number of nitrogens with one attached hydrogen (secondary N) is 2. The number of thiophene rings is 1. The van der Waals surface area contributed by atoms with E-state index in [0.29, 0.717) is 6.04 Å². The van der Waals surface area contributed by atoms with Gasteiger partial charge in [-0.3, -0.25) is 0 Å². The zero-order chi connectivity index (χ0) is 10.6. The predicted molar refractivity (Wildman–Crippen MR) is 64.6 cm³/mol. The van der Waals surface area contributed by atoms with E-state index < -0.39 is 0 Å². The Morgan fingerprint density at radius 1 is 1.50 bits per heavy atom. The highest BCUT2D eigenvalue weighted by atomic mass is 35.5. The monoisotopic (exact) mass is 252 g/mol. The highest BCUT2D eigenvalue weighted by molar-refractivity contribution is 7.20. The molecule has 1 unspecified atom stereocenters. The van der Waals surface area contributed by atoms with E-state index in [-0.39, 0.29) is 0 Å². The van der Waals surface area contributed by atoms with Gasteiger partial charge in [-0.05, 0) is 25.6 Å². The summed E-state index contributed by atoms with van der Waals surface area (Å²) >= 11 is 13.2. The zero-order valence-corrected chi connectivity index (χ0v) is 10.6. The van der Waals surface area contributed by atoms with Gasteiger partial charge in [0.25, 0.3) is 0 Å². The van der Waals surface area contributed by atoms with Crippen molar-refractivity contribution in [3.63, 3.8) is 0 Å². The van der Waals surface area contributed by atoms with Crippen LogP contribution in [-0.2, 0) is 6.54 Å². The van der Waals surface area contributed by atoms with E-state index >= 15 is 0 Å². The molecule has 1 aromatic heterocycles. The Labute approximate surface area is 98.6 Å². The highest BCUT2D eigenvalue weighted by Crippen LogP contribution is 2.30. The van der Waals surface area contributed by atoms with Gasteiger partial charge in [0.05, 0.1) is 8.67 Å². The van der Waals surface area contributed by atoms with E-state index in [1.54, 1.807) is 0 Å². The summed E-state index contributed by atoms with van der Waals surface area (Å²) in [4.78, 5) is 0. The van der Waals surface area contributed by atoms with Gasteiger partial charge in [0.15, 0.2) is 0 Å². The van der Waals surface area contributed by atoms with E-state index in [2.05, 4.69) is 17.6 Å². The predicted octanol–water partition coefficient (Wildman–Crippen LogP) is 2.75. The zero-order valence-electron chi connectivity index (χ0n) is 8.23. The van der Waals surface area contributed by atoms with Gasteiger partial charge in [-0.1, -0.05) is 23.2 Å². The van der Waals surface area contributed by atoms with Gasteiger partial charge >= 0.3 is 0 Å². The maximum atomic E-state index is 5.98. The molecule has 0 radical (unpaired) electrons. The molecule has 14 heavy (non-hydrogen) atoms. The summed E-state index contributed by atoms with van der Waals surface area (Å²) in [7, 11) is 1.94. The van der Waals surface area contributed by atoms with Crippen molar-refractivity contribution in [2.75, 3.05) is 13.6 Å². The number of hydrogen-bond acceptors (Lipinski definition) is 3. The van der Waals surface area contributed by atoms with Crippen LogP contribution in [0.5, 0.6) is 0 Å². The van der Waals surface area contributed by atoms with Crippen molar-refractivity contribution in [2.24, 2.45) is 0 Å². The summed E-state index contributed by atoms with van der Waals surface area (Å²) in [5.74, 6) is 0. The molecule has 0 saturated carbocycles. The molecule has 0 aliphatic carbocycles. The van der Waals surface area contributed by atoms with Gasteiger partial charge in [0, 0.05) is 19.1 Å². The van der Waals surface area contributed by atoms with Gasteiger partial charge in [0.1, 0.15) is 0 Å². The van der Waals surface area contributed by atoms with E-state index in [0.717, 1.165) is 27.3 Å². The van der Waals surface area contributed by atoms with Crippen molar-refractivity contribution in [3.8, 4) is 0 Å². The Morgan fingerprint density at radius 3 is 2.71 bits per heavy atom. The van der Waals surface area contributed by atoms with Crippen molar-refractivity contribution in [1.29, 1.82) is 0 Å². The largest absolute Gasteiger partial charge is 0.318 e. The van der Waals surface area contributed by atoms with Gasteiger partial charge in [-0.15, -0.1) is 11.3 Å². The minimum Gasteiger partial charge on any atom is -0.318 e. The van der Waals surface area contributed by atoms with E-state index in [1.165, 1.54) is 11.3 Å². The van der Waals surface area contributed by atoms with Crippen LogP contribution in [0.4, 0.5) is 0 Å². The van der Waals surface area contributed by atoms with Crippen molar-refractivity contribution >= 4 is 34.5 Å². The molecule has 0 saturated heterocycles. The van der Waals surface area contributed by atoms with Crippen LogP contribution in [0.3, 0.4) is 0 Å². The molecule has 2 nitrogen and oxygen atoms in total. The average Bonchev–Trinajstić information content (AvgIpc) is 2.42.